The fourth-order valence-corrected chi connectivity index (χ4v) is 5.05. The molecule has 1 aliphatic rings. The molecule has 11 heteroatoms. The maximum Gasteiger partial charge on any atom is 0.262 e. The van der Waals surface area contributed by atoms with Gasteiger partial charge < -0.3 is 30.6 Å². The standard InChI is InChI=1S/C26H38ClN7O2S/c1-6-11-36-23-13-19(18-7-9-30-10-8-18)17(4)12-21(23)33-26-31-14-20(27)25(34-26)32-22(15-29-5)24(28)37(35)16(2)3/h12-16,18,28-30H,6-11H2,1-5H3,(H2,31,32,33,34)/b22-15+,28-24?. The molecule has 1 aliphatic heterocycles. The number of rotatable bonds is 11. The molecule has 37 heavy (non-hydrogen) atoms. The van der Waals surface area contributed by atoms with Crippen LogP contribution < -0.4 is 26.0 Å². The normalized spacial score (nSPS) is 15.4. The minimum atomic E-state index is -1.49. The van der Waals surface area contributed by atoms with Crippen molar-refractivity contribution in [2.45, 2.75) is 58.1 Å². The summed E-state index contributed by atoms with van der Waals surface area (Å²) in [5.74, 6) is 1.89. The molecule has 1 aromatic carbocycles. The van der Waals surface area contributed by atoms with Crippen LogP contribution in [0, 0.1) is 12.3 Å². The minimum absolute atomic E-state index is 0.0482. The Kier molecular flexibility index (Phi) is 10.9. The Balaban J connectivity index is 1.89. The van der Waals surface area contributed by atoms with Crippen molar-refractivity contribution < 1.29 is 9.29 Å². The van der Waals surface area contributed by atoms with E-state index < -0.39 is 11.2 Å². The molecule has 1 unspecified atom stereocenters. The average Bonchev–Trinajstić information content (AvgIpc) is 2.89. The smallest absolute Gasteiger partial charge is 0.262 e. The molecule has 1 atom stereocenters. The fraction of sp³-hybridized carbons (Fsp3) is 0.500. The third kappa shape index (κ3) is 7.73. The summed E-state index contributed by atoms with van der Waals surface area (Å²) >= 11 is 4.89. The van der Waals surface area contributed by atoms with E-state index in [1.54, 1.807) is 27.1 Å². The van der Waals surface area contributed by atoms with Gasteiger partial charge in [0.2, 0.25) is 5.95 Å². The van der Waals surface area contributed by atoms with Crippen LogP contribution in [0.3, 0.4) is 0 Å². The van der Waals surface area contributed by atoms with E-state index in [1.807, 2.05) is 0 Å². The quantitative estimate of drug-likeness (QED) is 0.150. The first-order chi connectivity index (χ1) is 17.7. The highest BCUT2D eigenvalue weighted by atomic mass is 35.5. The van der Waals surface area contributed by atoms with Crippen LogP contribution in [-0.2, 0) is 11.2 Å². The summed E-state index contributed by atoms with van der Waals surface area (Å²) in [7, 11) is 1.70. The largest absolute Gasteiger partial charge is 0.610 e. The van der Waals surface area contributed by atoms with E-state index in [2.05, 4.69) is 57.2 Å². The molecule has 1 saturated heterocycles. The third-order valence-electron chi connectivity index (χ3n) is 6.02. The first-order valence-electron chi connectivity index (χ1n) is 12.7. The Labute approximate surface area is 227 Å². The Morgan fingerprint density at radius 3 is 2.73 bits per heavy atom. The number of ether oxygens (including phenoxy) is 1. The van der Waals surface area contributed by atoms with Gasteiger partial charge in [0.05, 0.1) is 18.5 Å². The summed E-state index contributed by atoms with van der Waals surface area (Å²) in [4.78, 5) is 8.90. The molecular weight excluding hydrogens is 510 g/mol. The number of nitrogens with zero attached hydrogens (tertiary/aromatic N) is 2. The number of piperidine rings is 1. The van der Waals surface area contributed by atoms with Crippen molar-refractivity contribution in [3.8, 4) is 5.75 Å². The summed E-state index contributed by atoms with van der Waals surface area (Å²) in [6.45, 7) is 10.5. The second-order valence-corrected chi connectivity index (χ2v) is 11.6. The molecule has 1 aromatic heterocycles. The molecule has 9 nitrogen and oxygen atoms in total. The molecule has 3 rings (SSSR count). The van der Waals surface area contributed by atoms with Crippen molar-refractivity contribution in [2.24, 2.45) is 0 Å². The van der Waals surface area contributed by atoms with Crippen molar-refractivity contribution in [2.75, 3.05) is 37.4 Å². The van der Waals surface area contributed by atoms with E-state index in [1.165, 1.54) is 17.3 Å². The zero-order valence-electron chi connectivity index (χ0n) is 22.2. The van der Waals surface area contributed by atoms with Crippen LogP contribution >= 0.6 is 11.6 Å². The van der Waals surface area contributed by atoms with Crippen LogP contribution in [0.25, 0.3) is 0 Å². The van der Waals surface area contributed by atoms with Gasteiger partial charge in [-0.15, -0.1) is 0 Å². The lowest BCUT2D eigenvalue weighted by molar-refractivity contribution is 0.318. The molecule has 0 bridgehead atoms. The van der Waals surface area contributed by atoms with Gasteiger partial charge in [0.15, 0.2) is 5.82 Å². The maximum absolute atomic E-state index is 12.5. The van der Waals surface area contributed by atoms with Crippen molar-refractivity contribution in [1.29, 1.82) is 5.41 Å². The number of aromatic nitrogens is 2. The lowest BCUT2D eigenvalue weighted by Gasteiger charge is -2.26. The Bertz CT molecular complexity index is 1110. The Morgan fingerprint density at radius 1 is 1.35 bits per heavy atom. The molecule has 2 aromatic rings. The summed E-state index contributed by atoms with van der Waals surface area (Å²) in [5, 5.41) is 21.0. The van der Waals surface area contributed by atoms with Crippen LogP contribution in [-0.4, -0.2) is 51.6 Å². The topological polar surface area (TPSA) is 130 Å². The summed E-state index contributed by atoms with van der Waals surface area (Å²) in [6, 6.07) is 4.23. The highest BCUT2D eigenvalue weighted by Gasteiger charge is 2.25. The predicted octanol–water partition coefficient (Wildman–Crippen LogP) is 5.04. The number of hydrogen-bond donors (Lipinski definition) is 5. The molecule has 0 aliphatic carbocycles. The lowest BCUT2D eigenvalue weighted by Crippen LogP contribution is -2.28. The number of benzene rings is 1. The Morgan fingerprint density at radius 2 is 2.08 bits per heavy atom. The van der Waals surface area contributed by atoms with Gasteiger partial charge in [-0.25, -0.2) is 4.98 Å². The van der Waals surface area contributed by atoms with Gasteiger partial charge in [-0.05, 0) is 82.3 Å². The summed E-state index contributed by atoms with van der Waals surface area (Å²) in [6.07, 6.45) is 6.16. The summed E-state index contributed by atoms with van der Waals surface area (Å²) < 4.78 is 18.6. The number of hydrogen-bond acceptors (Lipinski definition) is 9. The highest BCUT2D eigenvalue weighted by Crippen LogP contribution is 2.37. The van der Waals surface area contributed by atoms with Crippen LogP contribution in [0.4, 0.5) is 17.5 Å². The van der Waals surface area contributed by atoms with E-state index in [0.29, 0.717) is 30.0 Å². The number of aryl methyl sites for hydroxylation is 1. The third-order valence-corrected chi connectivity index (χ3v) is 7.77. The van der Waals surface area contributed by atoms with Gasteiger partial charge in [-0.1, -0.05) is 18.5 Å². The molecule has 0 amide bonds. The van der Waals surface area contributed by atoms with Gasteiger partial charge in [0.1, 0.15) is 21.7 Å². The van der Waals surface area contributed by atoms with Crippen molar-refractivity contribution in [1.82, 2.24) is 20.6 Å². The zero-order chi connectivity index (χ0) is 26.9. The molecule has 0 spiro atoms. The molecule has 1 fully saturated rings. The molecule has 202 valence electrons. The maximum atomic E-state index is 12.5. The van der Waals surface area contributed by atoms with Gasteiger partial charge in [-0.2, -0.15) is 4.98 Å². The Hall–Kier alpha value is -2.53. The first-order valence-corrected chi connectivity index (χ1v) is 14.3. The van der Waals surface area contributed by atoms with Crippen molar-refractivity contribution >= 4 is 45.3 Å². The van der Waals surface area contributed by atoms with Gasteiger partial charge in [-0.3, -0.25) is 5.41 Å². The number of halogens is 1. The zero-order valence-corrected chi connectivity index (χ0v) is 23.8. The monoisotopic (exact) mass is 547 g/mol. The van der Waals surface area contributed by atoms with E-state index in [4.69, 9.17) is 21.7 Å². The van der Waals surface area contributed by atoms with E-state index in [9.17, 15) is 4.55 Å². The molecular formula is C26H38ClN7O2S. The van der Waals surface area contributed by atoms with Crippen LogP contribution in [0.2, 0.25) is 5.02 Å². The SMILES string of the molecule is CCCOc1cc(C2CCNCC2)c(C)cc1Nc1ncc(Cl)c(N/C(=C/NC)C(=N)[S+]([O-])C(C)C)n1. The highest BCUT2D eigenvalue weighted by molar-refractivity contribution is 8.07. The molecule has 5 N–H and O–H groups in total. The van der Waals surface area contributed by atoms with Gasteiger partial charge >= 0.3 is 0 Å². The van der Waals surface area contributed by atoms with E-state index >= 15 is 0 Å². The molecule has 0 radical (unpaired) electrons. The summed E-state index contributed by atoms with van der Waals surface area (Å²) in [5.41, 5.74) is 3.59. The fourth-order valence-electron chi connectivity index (χ4n) is 4.12. The van der Waals surface area contributed by atoms with Crippen molar-refractivity contribution in [3.05, 3.63) is 46.4 Å². The van der Waals surface area contributed by atoms with Crippen LogP contribution in [0.15, 0.2) is 30.2 Å². The molecule has 2 heterocycles. The van der Waals surface area contributed by atoms with Gasteiger partial charge in [0.25, 0.3) is 5.04 Å². The second-order valence-electron chi connectivity index (χ2n) is 9.24. The average molecular weight is 548 g/mol. The lowest BCUT2D eigenvalue weighted by atomic mass is 9.87. The van der Waals surface area contributed by atoms with Crippen LogP contribution in [0.1, 0.15) is 57.1 Å². The van der Waals surface area contributed by atoms with Crippen molar-refractivity contribution in [3.63, 3.8) is 0 Å². The second kappa shape index (κ2) is 13.9. The number of anilines is 3. The predicted molar refractivity (Wildman–Crippen MR) is 154 cm³/mol. The number of nitrogens with one attached hydrogen (secondary N) is 5. The van der Waals surface area contributed by atoms with Gasteiger partial charge in [0, 0.05) is 24.4 Å². The van der Waals surface area contributed by atoms with Crippen LogP contribution in [0.5, 0.6) is 5.75 Å². The van der Waals surface area contributed by atoms with E-state index in [0.717, 1.165) is 43.8 Å². The minimum Gasteiger partial charge on any atom is -0.610 e. The first kappa shape index (κ1) is 29.0. The molecule has 0 saturated carbocycles. The van der Waals surface area contributed by atoms with E-state index in [-0.39, 0.29) is 15.3 Å².